The second-order valence-corrected chi connectivity index (χ2v) is 8.51. The number of amides is 1. The van der Waals surface area contributed by atoms with Crippen LogP contribution in [0.25, 0.3) is 6.08 Å². The minimum Gasteiger partial charge on any atom is -0.489 e. The SMILES string of the molecule is CCOC(=O)c1c(NC(=O)/C(C#N)=C/c2ccc(OCc3ccccc3F)cc2)sc(C)c1C. The average molecular weight is 479 g/mol. The van der Waals surface area contributed by atoms with Crippen molar-refractivity contribution in [3.63, 3.8) is 0 Å². The number of halogens is 1. The summed E-state index contributed by atoms with van der Waals surface area (Å²) in [5.41, 5.74) is 1.95. The first kappa shape index (κ1) is 24.7. The van der Waals surface area contributed by atoms with Crippen molar-refractivity contribution in [3.8, 4) is 11.8 Å². The third-order valence-corrected chi connectivity index (χ3v) is 6.12. The Morgan fingerprint density at radius 2 is 1.85 bits per heavy atom. The summed E-state index contributed by atoms with van der Waals surface area (Å²) in [6.45, 7) is 5.62. The maximum Gasteiger partial charge on any atom is 0.341 e. The van der Waals surface area contributed by atoms with Crippen LogP contribution in [0.5, 0.6) is 5.75 Å². The number of nitrogens with zero attached hydrogens (tertiary/aromatic N) is 1. The highest BCUT2D eigenvalue weighted by Crippen LogP contribution is 2.33. The molecule has 1 heterocycles. The number of hydrogen-bond donors (Lipinski definition) is 1. The molecule has 0 aliphatic heterocycles. The zero-order chi connectivity index (χ0) is 24.7. The lowest BCUT2D eigenvalue weighted by Crippen LogP contribution is -2.16. The minimum absolute atomic E-state index is 0.0795. The van der Waals surface area contributed by atoms with E-state index >= 15 is 0 Å². The summed E-state index contributed by atoms with van der Waals surface area (Å²) in [6.07, 6.45) is 1.44. The van der Waals surface area contributed by atoms with Gasteiger partial charge in [-0.3, -0.25) is 4.79 Å². The van der Waals surface area contributed by atoms with E-state index in [1.54, 1.807) is 56.3 Å². The molecule has 0 saturated carbocycles. The fourth-order valence-corrected chi connectivity index (χ4v) is 4.13. The number of carbonyl (C=O) groups excluding carboxylic acids is 2. The molecule has 1 aromatic heterocycles. The molecular formula is C26H23FN2O4S. The largest absolute Gasteiger partial charge is 0.489 e. The van der Waals surface area contributed by atoms with Gasteiger partial charge in [0.2, 0.25) is 0 Å². The van der Waals surface area contributed by atoms with E-state index < -0.39 is 11.9 Å². The summed E-state index contributed by atoms with van der Waals surface area (Å²) in [4.78, 5) is 25.9. The molecule has 0 atom stereocenters. The summed E-state index contributed by atoms with van der Waals surface area (Å²) in [5, 5.41) is 12.5. The zero-order valence-corrected chi connectivity index (χ0v) is 19.8. The van der Waals surface area contributed by atoms with Crippen LogP contribution in [0.4, 0.5) is 9.39 Å². The van der Waals surface area contributed by atoms with E-state index in [1.165, 1.54) is 23.5 Å². The zero-order valence-electron chi connectivity index (χ0n) is 19.0. The molecule has 0 aliphatic rings. The third-order valence-electron chi connectivity index (χ3n) is 5.00. The molecule has 0 radical (unpaired) electrons. The molecule has 6 nitrogen and oxygen atoms in total. The smallest absolute Gasteiger partial charge is 0.341 e. The van der Waals surface area contributed by atoms with Crippen LogP contribution >= 0.6 is 11.3 Å². The van der Waals surface area contributed by atoms with E-state index in [9.17, 15) is 19.2 Å². The van der Waals surface area contributed by atoms with Gasteiger partial charge in [-0.25, -0.2) is 9.18 Å². The lowest BCUT2D eigenvalue weighted by molar-refractivity contribution is -0.112. The fraction of sp³-hybridized carbons (Fsp3) is 0.192. The molecule has 0 unspecified atom stereocenters. The van der Waals surface area contributed by atoms with Crippen LogP contribution in [-0.4, -0.2) is 18.5 Å². The topological polar surface area (TPSA) is 88.4 Å². The Labute approximate surface area is 201 Å². The lowest BCUT2D eigenvalue weighted by atomic mass is 10.1. The van der Waals surface area contributed by atoms with E-state index in [1.807, 2.05) is 13.0 Å². The Bertz CT molecular complexity index is 1270. The van der Waals surface area contributed by atoms with Crippen LogP contribution in [-0.2, 0) is 16.1 Å². The quantitative estimate of drug-likeness (QED) is 0.251. The number of hydrogen-bond acceptors (Lipinski definition) is 6. The van der Waals surface area contributed by atoms with Crippen molar-refractivity contribution in [3.05, 3.63) is 87.1 Å². The lowest BCUT2D eigenvalue weighted by Gasteiger charge is -2.08. The summed E-state index contributed by atoms with van der Waals surface area (Å²) >= 11 is 1.25. The molecule has 1 amide bonds. The first-order chi connectivity index (χ1) is 16.3. The number of nitrogens with one attached hydrogen (secondary N) is 1. The number of anilines is 1. The number of esters is 1. The first-order valence-corrected chi connectivity index (χ1v) is 11.3. The number of ether oxygens (including phenoxy) is 2. The summed E-state index contributed by atoms with van der Waals surface area (Å²) in [5.74, 6) is -0.969. The van der Waals surface area contributed by atoms with Crippen LogP contribution < -0.4 is 10.1 Å². The van der Waals surface area contributed by atoms with Crippen LogP contribution in [0.2, 0.25) is 0 Å². The predicted octanol–water partition coefficient (Wildman–Crippen LogP) is 5.81. The predicted molar refractivity (Wildman–Crippen MR) is 129 cm³/mol. The second kappa shape index (κ2) is 11.3. The van der Waals surface area contributed by atoms with Gasteiger partial charge >= 0.3 is 5.97 Å². The molecule has 0 aliphatic carbocycles. The van der Waals surface area contributed by atoms with Crippen molar-refractivity contribution in [1.82, 2.24) is 0 Å². The first-order valence-electron chi connectivity index (χ1n) is 10.5. The van der Waals surface area contributed by atoms with Gasteiger partial charge in [0.05, 0.1) is 12.2 Å². The average Bonchev–Trinajstić information content (AvgIpc) is 3.10. The van der Waals surface area contributed by atoms with Crippen molar-refractivity contribution in [2.24, 2.45) is 0 Å². The number of benzene rings is 2. The van der Waals surface area contributed by atoms with E-state index in [2.05, 4.69) is 5.32 Å². The molecule has 0 spiro atoms. The molecule has 3 rings (SSSR count). The number of nitriles is 1. The maximum atomic E-state index is 13.7. The molecular weight excluding hydrogens is 455 g/mol. The highest BCUT2D eigenvalue weighted by molar-refractivity contribution is 7.16. The summed E-state index contributed by atoms with van der Waals surface area (Å²) < 4.78 is 24.4. The van der Waals surface area contributed by atoms with Gasteiger partial charge in [-0.05, 0) is 56.2 Å². The van der Waals surface area contributed by atoms with Crippen LogP contribution in [0.1, 0.15) is 38.8 Å². The van der Waals surface area contributed by atoms with Crippen molar-refractivity contribution in [1.29, 1.82) is 5.26 Å². The summed E-state index contributed by atoms with van der Waals surface area (Å²) in [7, 11) is 0. The molecule has 0 saturated heterocycles. The number of aryl methyl sites for hydroxylation is 1. The van der Waals surface area contributed by atoms with E-state index in [4.69, 9.17) is 9.47 Å². The van der Waals surface area contributed by atoms with Gasteiger partial charge in [0.15, 0.2) is 0 Å². The Kier molecular flexibility index (Phi) is 8.17. The molecule has 2 aromatic carbocycles. The van der Waals surface area contributed by atoms with Crippen LogP contribution in [0.15, 0.2) is 54.1 Å². The highest BCUT2D eigenvalue weighted by Gasteiger charge is 2.23. The van der Waals surface area contributed by atoms with Gasteiger partial charge in [-0.1, -0.05) is 30.3 Å². The number of rotatable bonds is 8. The molecule has 0 bridgehead atoms. The van der Waals surface area contributed by atoms with Gasteiger partial charge in [-0.15, -0.1) is 11.3 Å². The third kappa shape index (κ3) is 5.88. The number of carbonyl (C=O) groups is 2. The Balaban J connectivity index is 1.72. The standard InChI is InChI=1S/C26H23FN2O4S/c1-4-32-26(31)23-16(2)17(3)34-25(23)29-24(30)20(14-28)13-18-9-11-21(12-10-18)33-15-19-7-5-6-8-22(19)27/h5-13H,4,15H2,1-3H3,(H,29,30)/b20-13+. The monoisotopic (exact) mass is 478 g/mol. The molecule has 34 heavy (non-hydrogen) atoms. The Hall–Kier alpha value is -3.96. The van der Waals surface area contributed by atoms with Gasteiger partial charge < -0.3 is 14.8 Å². The molecule has 8 heteroatoms. The van der Waals surface area contributed by atoms with Crippen molar-refractivity contribution in [2.75, 3.05) is 11.9 Å². The van der Waals surface area contributed by atoms with Gasteiger partial charge in [0, 0.05) is 10.4 Å². The molecule has 1 N–H and O–H groups in total. The summed E-state index contributed by atoms with van der Waals surface area (Å²) in [6, 6.07) is 15.0. The second-order valence-electron chi connectivity index (χ2n) is 7.28. The Morgan fingerprint density at radius 3 is 2.50 bits per heavy atom. The minimum atomic E-state index is -0.630. The van der Waals surface area contributed by atoms with Gasteiger partial charge in [0.25, 0.3) is 5.91 Å². The van der Waals surface area contributed by atoms with Crippen molar-refractivity contribution < 1.29 is 23.5 Å². The van der Waals surface area contributed by atoms with E-state index in [0.717, 1.165) is 10.4 Å². The number of thiophene rings is 1. The van der Waals surface area contributed by atoms with Gasteiger partial charge in [0.1, 0.15) is 34.8 Å². The van der Waals surface area contributed by atoms with Crippen molar-refractivity contribution in [2.45, 2.75) is 27.4 Å². The van der Waals surface area contributed by atoms with Crippen LogP contribution in [0.3, 0.4) is 0 Å². The van der Waals surface area contributed by atoms with E-state index in [0.29, 0.717) is 27.4 Å². The maximum absolute atomic E-state index is 13.7. The Morgan fingerprint density at radius 1 is 1.15 bits per heavy atom. The van der Waals surface area contributed by atoms with Gasteiger partial charge in [-0.2, -0.15) is 5.26 Å². The normalized spacial score (nSPS) is 11.0. The fourth-order valence-electron chi connectivity index (χ4n) is 3.09. The molecule has 174 valence electrons. The van der Waals surface area contributed by atoms with Crippen molar-refractivity contribution >= 4 is 34.3 Å². The highest BCUT2D eigenvalue weighted by atomic mass is 32.1. The molecule has 0 fully saturated rings. The molecule has 3 aromatic rings. The van der Waals surface area contributed by atoms with Crippen LogP contribution in [0, 0.1) is 31.0 Å². The van der Waals surface area contributed by atoms with E-state index in [-0.39, 0.29) is 24.6 Å².